The van der Waals surface area contributed by atoms with Crippen LogP contribution in [0.2, 0.25) is 0 Å². The van der Waals surface area contributed by atoms with E-state index in [-0.39, 0.29) is 18.9 Å². The van der Waals surface area contributed by atoms with Crippen LogP contribution in [0.15, 0.2) is 0 Å². The second kappa shape index (κ2) is 7.68. The van der Waals surface area contributed by atoms with Crippen LogP contribution < -0.4 is 5.32 Å². The summed E-state index contributed by atoms with van der Waals surface area (Å²) in [6.07, 6.45) is 0.962. The van der Waals surface area contributed by atoms with Crippen LogP contribution in [-0.2, 0) is 14.3 Å². The van der Waals surface area contributed by atoms with E-state index >= 15 is 0 Å². The highest BCUT2D eigenvalue weighted by molar-refractivity contribution is 5.83. The summed E-state index contributed by atoms with van der Waals surface area (Å²) < 4.78 is 5.20. The molecule has 1 heterocycles. The summed E-state index contributed by atoms with van der Waals surface area (Å²) in [6.45, 7) is 1.15. The maximum absolute atomic E-state index is 12.0. The highest BCUT2D eigenvalue weighted by Gasteiger charge is 2.26. The van der Waals surface area contributed by atoms with Gasteiger partial charge in [-0.3, -0.25) is 4.79 Å². The van der Waals surface area contributed by atoms with Crippen LogP contribution in [0.25, 0.3) is 0 Å². The standard InChI is InChI=1S/C12H20N2O6/c1-14(8-4-6-20-7-5-8)12(19)13-9(11(17)18)2-3-10(15)16/h8-9H,2-7H2,1H3,(H,13,19)(H,15,16)(H,17,18). The molecule has 2 amide bonds. The fourth-order valence-electron chi connectivity index (χ4n) is 2.01. The normalized spacial score (nSPS) is 17.2. The lowest BCUT2D eigenvalue weighted by molar-refractivity contribution is -0.140. The van der Waals surface area contributed by atoms with Crippen LogP contribution in [-0.4, -0.2) is 65.4 Å². The molecule has 0 spiro atoms. The molecule has 0 aromatic carbocycles. The van der Waals surface area contributed by atoms with Crippen molar-refractivity contribution in [2.75, 3.05) is 20.3 Å². The third-order valence-electron chi connectivity index (χ3n) is 3.30. The molecule has 0 bridgehead atoms. The Bertz CT molecular complexity index is 367. The van der Waals surface area contributed by atoms with Gasteiger partial charge in [0.1, 0.15) is 6.04 Å². The lowest BCUT2D eigenvalue weighted by Crippen LogP contribution is -2.51. The van der Waals surface area contributed by atoms with Crippen molar-refractivity contribution in [3.8, 4) is 0 Å². The van der Waals surface area contributed by atoms with Gasteiger partial charge in [-0.2, -0.15) is 0 Å². The van der Waals surface area contributed by atoms with Gasteiger partial charge in [-0.05, 0) is 19.3 Å². The van der Waals surface area contributed by atoms with E-state index in [4.69, 9.17) is 14.9 Å². The molecule has 0 aromatic heterocycles. The summed E-state index contributed by atoms with van der Waals surface area (Å²) in [7, 11) is 1.60. The molecule has 114 valence electrons. The Balaban J connectivity index is 2.51. The Morgan fingerprint density at radius 1 is 1.30 bits per heavy atom. The third kappa shape index (κ3) is 5.04. The highest BCUT2D eigenvalue weighted by atomic mass is 16.5. The van der Waals surface area contributed by atoms with Gasteiger partial charge in [-0.1, -0.05) is 0 Å². The molecular weight excluding hydrogens is 268 g/mol. The van der Waals surface area contributed by atoms with E-state index in [9.17, 15) is 14.4 Å². The Morgan fingerprint density at radius 2 is 1.90 bits per heavy atom. The minimum Gasteiger partial charge on any atom is -0.481 e. The molecule has 1 saturated heterocycles. The minimum absolute atomic E-state index is 0.0117. The topological polar surface area (TPSA) is 116 Å². The van der Waals surface area contributed by atoms with E-state index < -0.39 is 24.0 Å². The van der Waals surface area contributed by atoms with Crippen molar-refractivity contribution in [1.82, 2.24) is 10.2 Å². The lowest BCUT2D eigenvalue weighted by Gasteiger charge is -2.32. The maximum Gasteiger partial charge on any atom is 0.326 e. The van der Waals surface area contributed by atoms with Crippen molar-refractivity contribution in [3.05, 3.63) is 0 Å². The SMILES string of the molecule is CN(C(=O)NC(CCC(=O)O)C(=O)O)C1CCOCC1. The summed E-state index contributed by atoms with van der Waals surface area (Å²) in [4.78, 5) is 34.9. The number of nitrogens with one attached hydrogen (secondary N) is 1. The van der Waals surface area contributed by atoms with Crippen molar-refractivity contribution < 1.29 is 29.3 Å². The number of hydrogen-bond donors (Lipinski definition) is 3. The fourth-order valence-corrected chi connectivity index (χ4v) is 2.01. The Labute approximate surface area is 116 Å². The lowest BCUT2D eigenvalue weighted by atomic mass is 10.1. The van der Waals surface area contributed by atoms with Crippen LogP contribution in [0.3, 0.4) is 0 Å². The van der Waals surface area contributed by atoms with E-state index in [1.54, 1.807) is 7.05 Å². The summed E-state index contributed by atoms with van der Waals surface area (Å²) in [6, 6.07) is -1.69. The molecule has 8 heteroatoms. The summed E-state index contributed by atoms with van der Waals surface area (Å²) in [5.41, 5.74) is 0. The van der Waals surface area contributed by atoms with E-state index in [2.05, 4.69) is 5.32 Å². The van der Waals surface area contributed by atoms with Gasteiger partial charge in [-0.15, -0.1) is 0 Å². The molecular formula is C12H20N2O6. The van der Waals surface area contributed by atoms with Gasteiger partial charge in [0, 0.05) is 32.7 Å². The Morgan fingerprint density at radius 3 is 2.40 bits per heavy atom. The zero-order chi connectivity index (χ0) is 15.1. The van der Waals surface area contributed by atoms with Gasteiger partial charge in [0.15, 0.2) is 0 Å². The second-order valence-corrected chi connectivity index (χ2v) is 4.73. The number of carboxylic acids is 2. The number of ether oxygens (including phenoxy) is 1. The molecule has 8 nitrogen and oxygen atoms in total. The first kappa shape index (κ1) is 16.2. The zero-order valence-corrected chi connectivity index (χ0v) is 11.4. The first-order valence-corrected chi connectivity index (χ1v) is 6.47. The summed E-state index contributed by atoms with van der Waals surface area (Å²) >= 11 is 0. The first-order valence-electron chi connectivity index (χ1n) is 6.47. The Hall–Kier alpha value is -1.83. The minimum atomic E-state index is -1.24. The largest absolute Gasteiger partial charge is 0.481 e. The summed E-state index contributed by atoms with van der Waals surface area (Å²) in [5.74, 6) is -2.33. The molecule has 1 fully saturated rings. The molecule has 3 N–H and O–H groups in total. The second-order valence-electron chi connectivity index (χ2n) is 4.73. The molecule has 0 aliphatic carbocycles. The fraction of sp³-hybridized carbons (Fsp3) is 0.750. The third-order valence-corrected chi connectivity index (χ3v) is 3.30. The number of carbonyl (C=O) groups excluding carboxylic acids is 1. The number of carbonyl (C=O) groups is 3. The molecule has 0 saturated carbocycles. The van der Waals surface area contributed by atoms with Gasteiger partial charge >= 0.3 is 18.0 Å². The van der Waals surface area contributed by atoms with Crippen molar-refractivity contribution >= 4 is 18.0 Å². The van der Waals surface area contributed by atoms with E-state index in [1.807, 2.05) is 0 Å². The number of nitrogens with zero attached hydrogens (tertiary/aromatic N) is 1. The number of amides is 2. The molecule has 1 aliphatic rings. The predicted octanol–water partition coefficient (Wildman–Crippen LogP) is 0.125. The van der Waals surface area contributed by atoms with E-state index in [1.165, 1.54) is 4.90 Å². The number of hydrogen-bond acceptors (Lipinski definition) is 4. The average Bonchev–Trinajstić information content (AvgIpc) is 2.42. The highest BCUT2D eigenvalue weighted by Crippen LogP contribution is 2.13. The van der Waals surface area contributed by atoms with E-state index in [0.717, 1.165) is 0 Å². The molecule has 1 unspecified atom stereocenters. The Kier molecular flexibility index (Phi) is 6.23. The number of carboxylic acid groups (broad SMARTS) is 2. The maximum atomic E-state index is 12.0. The van der Waals surface area contributed by atoms with Crippen LogP contribution in [0, 0.1) is 0 Å². The van der Waals surface area contributed by atoms with Crippen molar-refractivity contribution in [2.24, 2.45) is 0 Å². The van der Waals surface area contributed by atoms with Gasteiger partial charge < -0.3 is 25.2 Å². The van der Waals surface area contributed by atoms with Crippen LogP contribution >= 0.6 is 0 Å². The molecule has 1 atom stereocenters. The van der Waals surface area contributed by atoms with Crippen molar-refractivity contribution in [3.63, 3.8) is 0 Å². The number of rotatable bonds is 6. The average molecular weight is 288 g/mol. The van der Waals surface area contributed by atoms with Crippen LogP contribution in [0.1, 0.15) is 25.7 Å². The first-order chi connectivity index (χ1) is 9.41. The molecule has 1 aliphatic heterocycles. The molecule has 0 aromatic rings. The smallest absolute Gasteiger partial charge is 0.326 e. The van der Waals surface area contributed by atoms with Gasteiger partial charge in [0.25, 0.3) is 0 Å². The van der Waals surface area contributed by atoms with Crippen molar-refractivity contribution in [1.29, 1.82) is 0 Å². The predicted molar refractivity (Wildman–Crippen MR) is 68.4 cm³/mol. The zero-order valence-electron chi connectivity index (χ0n) is 11.4. The molecule has 20 heavy (non-hydrogen) atoms. The monoisotopic (exact) mass is 288 g/mol. The van der Waals surface area contributed by atoms with Crippen LogP contribution in [0.5, 0.6) is 0 Å². The molecule has 0 radical (unpaired) electrons. The van der Waals surface area contributed by atoms with E-state index in [0.29, 0.717) is 26.1 Å². The summed E-state index contributed by atoms with van der Waals surface area (Å²) in [5, 5.41) is 19.9. The van der Waals surface area contributed by atoms with Crippen molar-refractivity contribution in [2.45, 2.75) is 37.8 Å². The molecule has 1 rings (SSSR count). The van der Waals surface area contributed by atoms with Gasteiger partial charge in [-0.25, -0.2) is 9.59 Å². The number of urea groups is 1. The van der Waals surface area contributed by atoms with Gasteiger partial charge in [0.05, 0.1) is 0 Å². The van der Waals surface area contributed by atoms with Gasteiger partial charge in [0.2, 0.25) is 0 Å². The van der Waals surface area contributed by atoms with Crippen LogP contribution in [0.4, 0.5) is 4.79 Å². The quantitative estimate of drug-likeness (QED) is 0.639. The number of aliphatic carboxylic acids is 2.